The van der Waals surface area contributed by atoms with E-state index in [2.05, 4.69) is 5.32 Å². The van der Waals surface area contributed by atoms with Crippen LogP contribution in [0.1, 0.15) is 28.3 Å². The molecule has 0 aliphatic carbocycles. The molecule has 5 nitrogen and oxygen atoms in total. The standard InChI is InChI=1S/C14H16N2O3S/c1-10(12-6-4-8-20-12)15-13(17)9-19-14(18)11-5-3-7-16(11)2/h3-8,10H,9H2,1-2H3,(H,15,17)/t10-/m0/s1. The number of hydrogen-bond acceptors (Lipinski definition) is 4. The van der Waals surface area contributed by atoms with Crippen LogP contribution in [0.25, 0.3) is 0 Å². The molecule has 0 aliphatic heterocycles. The van der Waals surface area contributed by atoms with E-state index in [4.69, 9.17) is 4.74 Å². The monoisotopic (exact) mass is 292 g/mol. The highest BCUT2D eigenvalue weighted by molar-refractivity contribution is 7.10. The molecule has 0 radical (unpaired) electrons. The van der Waals surface area contributed by atoms with Gasteiger partial charge in [0.15, 0.2) is 6.61 Å². The number of thiophene rings is 1. The van der Waals surface area contributed by atoms with Gasteiger partial charge in [-0.3, -0.25) is 4.79 Å². The summed E-state index contributed by atoms with van der Waals surface area (Å²) in [5, 5.41) is 4.74. The van der Waals surface area contributed by atoms with E-state index in [1.54, 1.807) is 41.3 Å². The lowest BCUT2D eigenvalue weighted by atomic mass is 10.3. The highest BCUT2D eigenvalue weighted by Gasteiger charge is 2.14. The topological polar surface area (TPSA) is 60.3 Å². The van der Waals surface area contributed by atoms with E-state index in [1.807, 2.05) is 24.4 Å². The molecule has 2 rings (SSSR count). The zero-order chi connectivity index (χ0) is 14.5. The number of amides is 1. The summed E-state index contributed by atoms with van der Waals surface area (Å²) in [7, 11) is 1.75. The van der Waals surface area contributed by atoms with Crippen molar-refractivity contribution in [1.82, 2.24) is 9.88 Å². The Kier molecular flexibility index (Phi) is 4.57. The van der Waals surface area contributed by atoms with Crippen LogP contribution in [0.15, 0.2) is 35.8 Å². The maximum Gasteiger partial charge on any atom is 0.355 e. The molecular formula is C14H16N2O3S. The molecule has 0 unspecified atom stereocenters. The third kappa shape index (κ3) is 3.48. The number of aromatic nitrogens is 1. The van der Waals surface area contributed by atoms with Crippen LogP contribution in [-0.4, -0.2) is 23.1 Å². The van der Waals surface area contributed by atoms with Crippen molar-refractivity contribution >= 4 is 23.2 Å². The van der Waals surface area contributed by atoms with Gasteiger partial charge < -0.3 is 14.6 Å². The van der Waals surface area contributed by atoms with Crippen molar-refractivity contribution in [3.05, 3.63) is 46.4 Å². The minimum atomic E-state index is -0.503. The zero-order valence-electron chi connectivity index (χ0n) is 11.3. The maximum absolute atomic E-state index is 11.7. The maximum atomic E-state index is 11.7. The number of ether oxygens (including phenoxy) is 1. The third-order valence-corrected chi connectivity index (χ3v) is 3.89. The Morgan fingerprint density at radius 1 is 1.40 bits per heavy atom. The van der Waals surface area contributed by atoms with Gasteiger partial charge in [-0.2, -0.15) is 0 Å². The molecule has 2 aromatic heterocycles. The fraction of sp³-hybridized carbons (Fsp3) is 0.286. The van der Waals surface area contributed by atoms with E-state index < -0.39 is 5.97 Å². The summed E-state index contributed by atoms with van der Waals surface area (Å²) in [6, 6.07) is 7.18. The number of hydrogen-bond donors (Lipinski definition) is 1. The van der Waals surface area contributed by atoms with E-state index in [1.165, 1.54) is 0 Å². The van der Waals surface area contributed by atoms with E-state index in [0.717, 1.165) is 4.88 Å². The molecule has 0 fully saturated rings. The van der Waals surface area contributed by atoms with E-state index in [0.29, 0.717) is 5.69 Å². The van der Waals surface area contributed by atoms with Gasteiger partial charge in [-0.25, -0.2) is 4.79 Å². The number of nitrogens with one attached hydrogen (secondary N) is 1. The fourth-order valence-corrected chi connectivity index (χ4v) is 2.50. The summed E-state index contributed by atoms with van der Waals surface area (Å²) in [5.74, 6) is -0.815. The van der Waals surface area contributed by atoms with E-state index >= 15 is 0 Å². The summed E-state index contributed by atoms with van der Waals surface area (Å²) in [6.07, 6.45) is 1.75. The largest absolute Gasteiger partial charge is 0.451 e. The molecule has 0 saturated heterocycles. The van der Waals surface area contributed by atoms with Crippen molar-refractivity contribution in [3.63, 3.8) is 0 Å². The Bertz CT molecular complexity index is 589. The van der Waals surface area contributed by atoms with Crippen molar-refractivity contribution in [1.29, 1.82) is 0 Å². The van der Waals surface area contributed by atoms with Gasteiger partial charge in [0, 0.05) is 18.1 Å². The molecule has 0 saturated carbocycles. The predicted octanol–water partition coefficient (Wildman–Crippen LogP) is 2.12. The molecule has 2 aromatic rings. The van der Waals surface area contributed by atoms with Crippen LogP contribution in [0.5, 0.6) is 0 Å². The number of rotatable bonds is 5. The first-order valence-electron chi connectivity index (χ1n) is 6.19. The Morgan fingerprint density at radius 2 is 2.20 bits per heavy atom. The zero-order valence-corrected chi connectivity index (χ0v) is 12.1. The Morgan fingerprint density at radius 3 is 2.80 bits per heavy atom. The van der Waals surface area contributed by atoms with Crippen LogP contribution in [0.2, 0.25) is 0 Å². The molecule has 1 atom stereocenters. The predicted molar refractivity (Wildman–Crippen MR) is 76.6 cm³/mol. The molecule has 0 spiro atoms. The normalized spacial score (nSPS) is 11.9. The Labute approximate surface area is 121 Å². The Hall–Kier alpha value is -2.08. The van der Waals surface area contributed by atoms with E-state index in [-0.39, 0.29) is 18.6 Å². The number of nitrogens with zero attached hydrogens (tertiary/aromatic N) is 1. The van der Waals surface area contributed by atoms with E-state index in [9.17, 15) is 9.59 Å². The second-order valence-corrected chi connectivity index (χ2v) is 5.36. The van der Waals surface area contributed by atoms with Crippen molar-refractivity contribution in [2.75, 3.05) is 6.61 Å². The average Bonchev–Trinajstić information content (AvgIpc) is 3.06. The minimum Gasteiger partial charge on any atom is -0.451 e. The minimum absolute atomic E-state index is 0.0868. The first-order chi connectivity index (χ1) is 9.58. The molecular weight excluding hydrogens is 276 g/mol. The van der Waals surface area contributed by atoms with Crippen LogP contribution >= 0.6 is 11.3 Å². The first-order valence-corrected chi connectivity index (χ1v) is 7.07. The first kappa shape index (κ1) is 14.3. The van der Waals surface area contributed by atoms with Crippen LogP contribution in [-0.2, 0) is 16.6 Å². The van der Waals surface area contributed by atoms with Crippen molar-refractivity contribution in [3.8, 4) is 0 Å². The molecule has 0 aliphatic rings. The molecule has 1 amide bonds. The molecule has 0 aromatic carbocycles. The van der Waals surface area contributed by atoms with Gasteiger partial charge in [0.05, 0.1) is 6.04 Å². The SMILES string of the molecule is C[C@H](NC(=O)COC(=O)c1cccn1C)c1cccs1. The quantitative estimate of drug-likeness (QED) is 0.859. The number of carbonyl (C=O) groups is 2. The number of esters is 1. The van der Waals surface area contributed by atoms with Crippen LogP contribution in [0.3, 0.4) is 0 Å². The lowest BCUT2D eigenvalue weighted by Crippen LogP contribution is -2.31. The van der Waals surface area contributed by atoms with Crippen molar-refractivity contribution in [2.45, 2.75) is 13.0 Å². The van der Waals surface area contributed by atoms with Gasteiger partial charge in [-0.1, -0.05) is 6.07 Å². The van der Waals surface area contributed by atoms with Gasteiger partial charge in [-0.15, -0.1) is 11.3 Å². The molecule has 0 bridgehead atoms. The summed E-state index contributed by atoms with van der Waals surface area (Å²) in [4.78, 5) is 24.5. The van der Waals surface area contributed by atoms with Crippen LogP contribution in [0, 0.1) is 0 Å². The fourth-order valence-electron chi connectivity index (χ4n) is 1.77. The van der Waals surface area contributed by atoms with Gasteiger partial charge in [-0.05, 0) is 30.5 Å². The van der Waals surface area contributed by atoms with Crippen LogP contribution in [0.4, 0.5) is 0 Å². The smallest absolute Gasteiger partial charge is 0.355 e. The summed E-state index contributed by atoms with van der Waals surface area (Å²) in [5.41, 5.74) is 0.420. The molecule has 20 heavy (non-hydrogen) atoms. The summed E-state index contributed by atoms with van der Waals surface area (Å²) >= 11 is 1.57. The van der Waals surface area contributed by atoms with Crippen molar-refractivity contribution < 1.29 is 14.3 Å². The number of carbonyl (C=O) groups excluding carboxylic acids is 2. The molecule has 106 valence electrons. The van der Waals surface area contributed by atoms with Gasteiger partial charge in [0.25, 0.3) is 5.91 Å². The molecule has 6 heteroatoms. The van der Waals surface area contributed by atoms with Gasteiger partial charge >= 0.3 is 5.97 Å². The molecule has 2 heterocycles. The highest BCUT2D eigenvalue weighted by Crippen LogP contribution is 2.17. The van der Waals surface area contributed by atoms with Crippen molar-refractivity contribution in [2.24, 2.45) is 7.05 Å². The lowest BCUT2D eigenvalue weighted by molar-refractivity contribution is -0.124. The second-order valence-electron chi connectivity index (χ2n) is 4.39. The number of aryl methyl sites for hydroxylation is 1. The Balaban J connectivity index is 1.81. The summed E-state index contributed by atoms with van der Waals surface area (Å²) in [6.45, 7) is 1.61. The van der Waals surface area contributed by atoms with Gasteiger partial charge in [0.2, 0.25) is 0 Å². The average molecular weight is 292 g/mol. The summed E-state index contributed by atoms with van der Waals surface area (Å²) < 4.78 is 6.63. The lowest BCUT2D eigenvalue weighted by Gasteiger charge is -2.12. The molecule has 1 N–H and O–H groups in total. The highest BCUT2D eigenvalue weighted by atomic mass is 32.1. The second kappa shape index (κ2) is 6.38. The third-order valence-electron chi connectivity index (χ3n) is 2.83. The van der Waals surface area contributed by atoms with Crippen LogP contribution < -0.4 is 5.32 Å². The van der Waals surface area contributed by atoms with Gasteiger partial charge in [0.1, 0.15) is 5.69 Å².